The number of halogens is 1. The molecule has 6 atom stereocenters. The summed E-state index contributed by atoms with van der Waals surface area (Å²) in [6.07, 6.45) is 0.829. The fourth-order valence-electron chi connectivity index (χ4n) is 4.60. The monoisotopic (exact) mass is 406 g/mol. The summed E-state index contributed by atoms with van der Waals surface area (Å²) in [5.41, 5.74) is 2.05. The van der Waals surface area contributed by atoms with Crippen LogP contribution in [0.2, 0.25) is 0 Å². The van der Waals surface area contributed by atoms with Crippen molar-refractivity contribution in [3.63, 3.8) is 0 Å². The number of nitrogens with one attached hydrogen (secondary N) is 1. The van der Waals surface area contributed by atoms with Gasteiger partial charge in [-0.15, -0.1) is 0 Å². The third kappa shape index (κ3) is 1.94. The van der Waals surface area contributed by atoms with Crippen LogP contribution in [0.3, 0.4) is 0 Å². The van der Waals surface area contributed by atoms with Crippen LogP contribution in [-0.2, 0) is 14.3 Å². The third-order valence-corrected chi connectivity index (χ3v) is 7.73. The molecule has 1 saturated heterocycles. The van der Waals surface area contributed by atoms with Crippen LogP contribution in [0.5, 0.6) is 0 Å². The number of nitrogens with zero attached hydrogens (tertiary/aromatic N) is 1. The molecule has 5 nitrogen and oxygen atoms in total. The minimum absolute atomic E-state index is 0.0537. The van der Waals surface area contributed by atoms with E-state index in [9.17, 15) is 9.59 Å². The van der Waals surface area contributed by atoms with Gasteiger partial charge in [0.2, 0.25) is 5.91 Å². The van der Waals surface area contributed by atoms with Gasteiger partial charge in [-0.1, -0.05) is 33.3 Å². The highest BCUT2D eigenvalue weighted by Crippen LogP contribution is 2.60. The van der Waals surface area contributed by atoms with Crippen molar-refractivity contribution in [1.82, 2.24) is 4.98 Å². The summed E-state index contributed by atoms with van der Waals surface area (Å²) in [6, 6.07) is 6.03. The van der Waals surface area contributed by atoms with Gasteiger partial charge in [0.1, 0.15) is 6.10 Å². The standard InChI is InChI=1S/C17H15BrN2O3S/c1-6-2-3-9-10(4-6)24-17(19-9)20-15(21)11-7-5-8-12(11)16(22)23-14(8)13(7)18/h2-4,7-8,11-14H,5H2,1H3,(H,19,20,21)/t7-,8-,11-,12+,13-,14+/m1/s1. The van der Waals surface area contributed by atoms with Crippen molar-refractivity contribution in [2.45, 2.75) is 24.3 Å². The second-order valence-corrected chi connectivity index (χ2v) is 9.03. The zero-order chi connectivity index (χ0) is 16.6. The molecule has 0 spiro atoms. The van der Waals surface area contributed by atoms with Crippen LogP contribution in [0.4, 0.5) is 5.13 Å². The van der Waals surface area contributed by atoms with Crippen LogP contribution in [0, 0.1) is 30.6 Å². The van der Waals surface area contributed by atoms with Crippen molar-refractivity contribution in [1.29, 1.82) is 0 Å². The van der Waals surface area contributed by atoms with Gasteiger partial charge in [0.25, 0.3) is 0 Å². The lowest BCUT2D eigenvalue weighted by atomic mass is 9.79. The van der Waals surface area contributed by atoms with E-state index in [1.807, 2.05) is 19.1 Å². The molecule has 2 saturated carbocycles. The lowest BCUT2D eigenvalue weighted by molar-refractivity contribution is -0.145. The first kappa shape index (κ1) is 14.8. The molecule has 7 heteroatoms. The van der Waals surface area contributed by atoms with Crippen LogP contribution in [-0.4, -0.2) is 27.8 Å². The van der Waals surface area contributed by atoms with Crippen molar-refractivity contribution in [3.8, 4) is 0 Å². The molecular formula is C17H15BrN2O3S. The van der Waals surface area contributed by atoms with Gasteiger partial charge in [0, 0.05) is 5.92 Å². The molecule has 1 aromatic heterocycles. The van der Waals surface area contributed by atoms with E-state index in [4.69, 9.17) is 4.74 Å². The van der Waals surface area contributed by atoms with E-state index in [-0.39, 0.29) is 46.5 Å². The molecule has 1 aliphatic heterocycles. The summed E-state index contributed by atoms with van der Waals surface area (Å²) in [5, 5.41) is 3.54. The van der Waals surface area contributed by atoms with Crippen molar-refractivity contribution in [2.24, 2.45) is 23.7 Å². The van der Waals surface area contributed by atoms with Crippen molar-refractivity contribution in [3.05, 3.63) is 23.8 Å². The van der Waals surface area contributed by atoms with E-state index >= 15 is 0 Å². The Balaban J connectivity index is 1.43. The molecule has 5 rings (SSSR count). The predicted molar refractivity (Wildman–Crippen MR) is 94.2 cm³/mol. The number of benzene rings is 1. The van der Waals surface area contributed by atoms with Gasteiger partial charge < -0.3 is 10.1 Å². The Morgan fingerprint density at radius 2 is 2.25 bits per heavy atom. The highest BCUT2D eigenvalue weighted by Gasteiger charge is 2.67. The van der Waals surface area contributed by atoms with Gasteiger partial charge in [-0.3, -0.25) is 9.59 Å². The first-order valence-corrected chi connectivity index (χ1v) is 9.79. The average Bonchev–Trinajstić information content (AvgIpc) is 3.22. The molecule has 0 radical (unpaired) electrons. The lowest BCUT2D eigenvalue weighted by Crippen LogP contribution is -2.40. The highest BCUT2D eigenvalue weighted by molar-refractivity contribution is 9.09. The molecular weight excluding hydrogens is 392 g/mol. The number of amides is 1. The normalized spacial score (nSPS) is 36.3. The Morgan fingerprint density at radius 1 is 1.42 bits per heavy atom. The molecule has 1 N–H and O–H groups in total. The number of thiazole rings is 1. The first-order chi connectivity index (χ1) is 11.5. The lowest BCUT2D eigenvalue weighted by Gasteiger charge is -2.27. The molecule has 2 aromatic rings. The van der Waals surface area contributed by atoms with Crippen LogP contribution >= 0.6 is 27.3 Å². The number of aromatic nitrogens is 1. The number of hydrogen-bond acceptors (Lipinski definition) is 5. The maximum Gasteiger partial charge on any atom is 0.310 e. The fourth-order valence-corrected chi connectivity index (χ4v) is 6.62. The molecule has 2 bridgehead atoms. The maximum atomic E-state index is 12.9. The molecule has 2 heterocycles. The highest BCUT2D eigenvalue weighted by atomic mass is 79.9. The van der Waals surface area contributed by atoms with Crippen LogP contribution < -0.4 is 5.32 Å². The summed E-state index contributed by atoms with van der Waals surface area (Å²) < 4.78 is 6.52. The number of esters is 1. The molecule has 3 aliphatic rings. The van der Waals surface area contributed by atoms with Crippen molar-refractivity contribution < 1.29 is 14.3 Å². The topological polar surface area (TPSA) is 68.3 Å². The molecule has 1 amide bonds. The van der Waals surface area contributed by atoms with E-state index in [0.717, 1.165) is 16.6 Å². The number of fused-ring (bicyclic) bond motifs is 2. The average molecular weight is 407 g/mol. The number of ether oxygens (including phenoxy) is 1. The summed E-state index contributed by atoms with van der Waals surface area (Å²) in [4.78, 5) is 29.6. The molecule has 3 fully saturated rings. The summed E-state index contributed by atoms with van der Waals surface area (Å²) >= 11 is 5.10. The van der Waals surface area contributed by atoms with Gasteiger partial charge in [-0.05, 0) is 37.0 Å². The largest absolute Gasteiger partial charge is 0.461 e. The number of anilines is 1. The van der Waals surface area contributed by atoms with E-state index in [1.165, 1.54) is 16.9 Å². The van der Waals surface area contributed by atoms with Gasteiger partial charge in [-0.25, -0.2) is 4.98 Å². The molecule has 2 aliphatic carbocycles. The minimum Gasteiger partial charge on any atom is -0.461 e. The van der Waals surface area contributed by atoms with Gasteiger partial charge in [0.05, 0.1) is 26.9 Å². The molecule has 124 valence electrons. The number of carbonyl (C=O) groups excluding carboxylic acids is 2. The van der Waals surface area contributed by atoms with Crippen LogP contribution in [0.15, 0.2) is 18.2 Å². The van der Waals surface area contributed by atoms with E-state index in [2.05, 4.69) is 32.3 Å². The second-order valence-electron chi connectivity index (χ2n) is 6.94. The maximum absolute atomic E-state index is 12.9. The SMILES string of the molecule is Cc1ccc2nc(NC(=O)[C@@H]3[C@H]4C[C@H]5[C@H](OC(=O)[C@@H]53)[C@@H]4Br)sc2c1. The fraction of sp³-hybridized carbons (Fsp3) is 0.471. The molecule has 24 heavy (non-hydrogen) atoms. The number of carbonyl (C=O) groups is 2. The number of hydrogen-bond donors (Lipinski definition) is 1. The zero-order valence-electron chi connectivity index (χ0n) is 12.9. The Labute approximate surface area is 150 Å². The van der Waals surface area contributed by atoms with Crippen molar-refractivity contribution >= 4 is 54.5 Å². The Morgan fingerprint density at radius 3 is 3.08 bits per heavy atom. The number of alkyl halides is 1. The minimum atomic E-state index is -0.320. The predicted octanol–water partition coefficient (Wildman–Crippen LogP) is 3.11. The molecule has 0 unspecified atom stereocenters. The number of rotatable bonds is 2. The van der Waals surface area contributed by atoms with E-state index in [1.54, 1.807) is 0 Å². The third-order valence-electron chi connectivity index (χ3n) is 5.60. The van der Waals surface area contributed by atoms with Gasteiger partial charge in [-0.2, -0.15) is 0 Å². The van der Waals surface area contributed by atoms with Gasteiger partial charge >= 0.3 is 5.97 Å². The second kappa shape index (κ2) is 5.02. The smallest absolute Gasteiger partial charge is 0.310 e. The molecule has 1 aromatic carbocycles. The van der Waals surface area contributed by atoms with E-state index < -0.39 is 0 Å². The quantitative estimate of drug-likeness (QED) is 0.614. The number of aryl methyl sites for hydroxylation is 1. The summed E-state index contributed by atoms with van der Waals surface area (Å²) in [6.45, 7) is 2.03. The van der Waals surface area contributed by atoms with E-state index in [0.29, 0.717) is 5.13 Å². The van der Waals surface area contributed by atoms with Crippen LogP contribution in [0.25, 0.3) is 10.2 Å². The summed E-state index contributed by atoms with van der Waals surface area (Å²) in [5.74, 6) is -0.585. The Bertz CT molecular complexity index is 882. The van der Waals surface area contributed by atoms with Gasteiger partial charge in [0.15, 0.2) is 5.13 Å². The Hall–Kier alpha value is -1.47. The Kier molecular flexibility index (Phi) is 3.10. The summed E-state index contributed by atoms with van der Waals surface area (Å²) in [7, 11) is 0. The van der Waals surface area contributed by atoms with Crippen molar-refractivity contribution in [2.75, 3.05) is 5.32 Å². The van der Waals surface area contributed by atoms with Crippen LogP contribution in [0.1, 0.15) is 12.0 Å². The first-order valence-electron chi connectivity index (χ1n) is 8.05. The zero-order valence-corrected chi connectivity index (χ0v) is 15.3.